The van der Waals surface area contributed by atoms with Crippen molar-refractivity contribution < 1.29 is 0 Å². The Labute approximate surface area is 94.0 Å². The van der Waals surface area contributed by atoms with Gasteiger partial charge in [-0.1, -0.05) is 56.2 Å². The second-order valence-electron chi connectivity index (χ2n) is 4.05. The molecule has 0 heteroatoms. The van der Waals surface area contributed by atoms with E-state index in [0.29, 0.717) is 0 Å². The number of rotatable bonds is 6. The summed E-state index contributed by atoms with van der Waals surface area (Å²) in [6, 6.07) is 9.05. The average molecular weight is 202 g/mol. The molecule has 0 aliphatic carbocycles. The van der Waals surface area contributed by atoms with Gasteiger partial charge in [-0.15, -0.1) is 0 Å². The lowest BCUT2D eigenvalue weighted by Gasteiger charge is -2.02. The van der Waals surface area contributed by atoms with Gasteiger partial charge in [-0.2, -0.15) is 0 Å². The van der Waals surface area contributed by atoms with Crippen LogP contribution in [-0.4, -0.2) is 0 Å². The highest BCUT2D eigenvalue weighted by Crippen LogP contribution is 2.09. The van der Waals surface area contributed by atoms with E-state index in [2.05, 4.69) is 50.3 Å². The summed E-state index contributed by atoms with van der Waals surface area (Å²) in [5.41, 5.74) is 2.89. The van der Waals surface area contributed by atoms with Gasteiger partial charge in [0.05, 0.1) is 0 Å². The zero-order valence-corrected chi connectivity index (χ0v) is 10.00. The van der Waals surface area contributed by atoms with Crippen LogP contribution in [0.5, 0.6) is 0 Å². The molecular formula is C15H22. The predicted octanol–water partition coefficient (Wildman–Crippen LogP) is 4.54. The molecule has 0 aliphatic heterocycles. The van der Waals surface area contributed by atoms with Crippen LogP contribution < -0.4 is 0 Å². The number of unbranched alkanes of at least 4 members (excludes halogenated alkanes) is 2. The fourth-order valence-electron chi connectivity index (χ4n) is 1.68. The van der Waals surface area contributed by atoms with E-state index in [1.807, 2.05) is 0 Å². The molecule has 0 atom stereocenters. The van der Waals surface area contributed by atoms with Crippen molar-refractivity contribution in [2.24, 2.45) is 0 Å². The highest BCUT2D eigenvalue weighted by Gasteiger charge is 1.93. The quantitative estimate of drug-likeness (QED) is 0.469. The van der Waals surface area contributed by atoms with Crippen molar-refractivity contribution in [3.8, 4) is 0 Å². The Morgan fingerprint density at radius 1 is 1.00 bits per heavy atom. The Morgan fingerprint density at radius 3 is 2.27 bits per heavy atom. The minimum absolute atomic E-state index is 1.06. The molecule has 0 aromatic heterocycles. The molecule has 0 unspecified atom stereocenters. The number of hydrogen-bond acceptors (Lipinski definition) is 0. The van der Waals surface area contributed by atoms with Gasteiger partial charge < -0.3 is 0 Å². The highest BCUT2D eigenvalue weighted by molar-refractivity contribution is 5.24. The zero-order chi connectivity index (χ0) is 10.9. The second kappa shape index (κ2) is 7.28. The van der Waals surface area contributed by atoms with Crippen molar-refractivity contribution in [2.75, 3.05) is 0 Å². The standard InChI is InChI=1S/C15H22/c1-3-5-7-9-15-12-10-14(11-13-15)8-6-4-2/h4,6,10-13H,3,5,7-9H2,1-2H3. The lowest BCUT2D eigenvalue weighted by atomic mass is 10.0. The van der Waals surface area contributed by atoms with Crippen LogP contribution in [0.25, 0.3) is 0 Å². The van der Waals surface area contributed by atoms with Crippen LogP contribution in [0.1, 0.15) is 44.2 Å². The predicted molar refractivity (Wildman–Crippen MR) is 68.2 cm³/mol. The molecule has 1 rings (SSSR count). The summed E-state index contributed by atoms with van der Waals surface area (Å²) < 4.78 is 0. The fourth-order valence-corrected chi connectivity index (χ4v) is 1.68. The SMILES string of the molecule is CC=CCc1ccc(CCCCC)cc1. The summed E-state index contributed by atoms with van der Waals surface area (Å²) in [6.07, 6.45) is 10.6. The summed E-state index contributed by atoms with van der Waals surface area (Å²) in [7, 11) is 0. The third-order valence-electron chi connectivity index (χ3n) is 2.68. The summed E-state index contributed by atoms with van der Waals surface area (Å²) in [5, 5.41) is 0. The third kappa shape index (κ3) is 4.83. The van der Waals surface area contributed by atoms with Gasteiger partial charge in [0.2, 0.25) is 0 Å². The lowest BCUT2D eigenvalue weighted by Crippen LogP contribution is -1.87. The van der Waals surface area contributed by atoms with E-state index in [0.717, 1.165) is 6.42 Å². The molecule has 0 amide bonds. The van der Waals surface area contributed by atoms with E-state index < -0.39 is 0 Å². The van der Waals surface area contributed by atoms with Crippen LogP contribution >= 0.6 is 0 Å². The van der Waals surface area contributed by atoms with E-state index in [-0.39, 0.29) is 0 Å². The fraction of sp³-hybridized carbons (Fsp3) is 0.467. The third-order valence-corrected chi connectivity index (χ3v) is 2.68. The van der Waals surface area contributed by atoms with Gasteiger partial charge in [-0.05, 0) is 37.3 Å². The molecule has 0 radical (unpaired) electrons. The van der Waals surface area contributed by atoms with Crippen molar-refractivity contribution in [3.05, 3.63) is 47.5 Å². The Bertz CT molecular complexity index is 279. The number of allylic oxidation sites excluding steroid dienone is 2. The molecule has 0 saturated carbocycles. The maximum absolute atomic E-state index is 2.27. The van der Waals surface area contributed by atoms with Gasteiger partial charge >= 0.3 is 0 Å². The van der Waals surface area contributed by atoms with Gasteiger partial charge in [0.25, 0.3) is 0 Å². The summed E-state index contributed by atoms with van der Waals surface area (Å²) in [6.45, 7) is 4.32. The maximum Gasteiger partial charge on any atom is -0.00976 e. The summed E-state index contributed by atoms with van der Waals surface area (Å²) in [4.78, 5) is 0. The smallest absolute Gasteiger partial charge is 0.00976 e. The van der Waals surface area contributed by atoms with Crippen LogP contribution in [0, 0.1) is 0 Å². The molecule has 0 N–H and O–H groups in total. The average Bonchev–Trinajstić information content (AvgIpc) is 2.28. The molecule has 15 heavy (non-hydrogen) atoms. The molecule has 0 saturated heterocycles. The van der Waals surface area contributed by atoms with Crippen molar-refractivity contribution in [2.45, 2.75) is 46.0 Å². The minimum Gasteiger partial charge on any atom is -0.0913 e. The Morgan fingerprint density at radius 2 is 1.67 bits per heavy atom. The van der Waals surface area contributed by atoms with Crippen LogP contribution in [0.2, 0.25) is 0 Å². The number of aryl methyl sites for hydroxylation is 1. The molecule has 0 nitrogen and oxygen atoms in total. The van der Waals surface area contributed by atoms with Crippen LogP contribution in [0.3, 0.4) is 0 Å². The highest BCUT2D eigenvalue weighted by atomic mass is 14.0. The molecule has 0 bridgehead atoms. The van der Waals surface area contributed by atoms with Crippen LogP contribution in [0.4, 0.5) is 0 Å². The first-order valence-corrected chi connectivity index (χ1v) is 6.05. The van der Waals surface area contributed by atoms with E-state index >= 15 is 0 Å². The minimum atomic E-state index is 1.06. The number of hydrogen-bond donors (Lipinski definition) is 0. The molecular weight excluding hydrogens is 180 g/mol. The molecule has 0 aliphatic rings. The summed E-state index contributed by atoms with van der Waals surface area (Å²) >= 11 is 0. The molecule has 1 aromatic rings. The topological polar surface area (TPSA) is 0 Å². The zero-order valence-electron chi connectivity index (χ0n) is 10.00. The van der Waals surface area contributed by atoms with E-state index in [1.54, 1.807) is 0 Å². The summed E-state index contributed by atoms with van der Waals surface area (Å²) in [5.74, 6) is 0. The monoisotopic (exact) mass is 202 g/mol. The largest absolute Gasteiger partial charge is 0.0913 e. The molecule has 0 spiro atoms. The van der Waals surface area contributed by atoms with E-state index in [4.69, 9.17) is 0 Å². The van der Waals surface area contributed by atoms with Crippen molar-refractivity contribution in [3.63, 3.8) is 0 Å². The Hall–Kier alpha value is -1.04. The molecule has 1 aromatic carbocycles. The van der Waals surface area contributed by atoms with Gasteiger partial charge in [0.1, 0.15) is 0 Å². The normalized spacial score (nSPS) is 11.1. The van der Waals surface area contributed by atoms with Crippen molar-refractivity contribution >= 4 is 0 Å². The van der Waals surface area contributed by atoms with Gasteiger partial charge in [-0.25, -0.2) is 0 Å². The Kier molecular flexibility index (Phi) is 5.84. The Balaban J connectivity index is 2.41. The molecule has 0 fully saturated rings. The van der Waals surface area contributed by atoms with Crippen LogP contribution in [0.15, 0.2) is 36.4 Å². The first-order chi connectivity index (χ1) is 7.36. The lowest BCUT2D eigenvalue weighted by molar-refractivity contribution is 0.717. The van der Waals surface area contributed by atoms with Gasteiger partial charge in [0, 0.05) is 0 Å². The van der Waals surface area contributed by atoms with E-state index in [1.165, 1.54) is 36.8 Å². The van der Waals surface area contributed by atoms with Crippen molar-refractivity contribution in [1.82, 2.24) is 0 Å². The first kappa shape index (κ1) is 12.0. The van der Waals surface area contributed by atoms with Crippen molar-refractivity contribution in [1.29, 1.82) is 0 Å². The van der Waals surface area contributed by atoms with Gasteiger partial charge in [0.15, 0.2) is 0 Å². The van der Waals surface area contributed by atoms with Crippen LogP contribution in [-0.2, 0) is 12.8 Å². The molecule has 0 heterocycles. The molecule has 82 valence electrons. The van der Waals surface area contributed by atoms with Gasteiger partial charge in [-0.3, -0.25) is 0 Å². The van der Waals surface area contributed by atoms with E-state index in [9.17, 15) is 0 Å². The maximum atomic E-state index is 2.27. The number of benzene rings is 1. The second-order valence-corrected chi connectivity index (χ2v) is 4.05. The first-order valence-electron chi connectivity index (χ1n) is 6.05.